The minimum absolute atomic E-state index is 0.182. The fourth-order valence-corrected chi connectivity index (χ4v) is 12.5. The van der Waals surface area contributed by atoms with Crippen molar-refractivity contribution in [3.05, 3.63) is 281 Å². The summed E-state index contributed by atoms with van der Waals surface area (Å²) >= 11 is 0. The quantitative estimate of drug-likeness (QED) is 0.167. The lowest BCUT2D eigenvalue weighted by Crippen LogP contribution is -2.26. The normalized spacial score (nSPS) is 14.6. The second kappa shape index (κ2) is 13.7. The predicted octanol–water partition coefficient (Wildman–Crippen LogP) is 15.9. The summed E-state index contributed by atoms with van der Waals surface area (Å²) in [6.07, 6.45) is 1.96. The summed E-state index contributed by atoms with van der Waals surface area (Å²) in [4.78, 5) is 2.52. The van der Waals surface area contributed by atoms with Crippen LogP contribution in [-0.4, -0.2) is 0 Å². The van der Waals surface area contributed by atoms with E-state index >= 15 is 0 Å². The monoisotopic (exact) mass is 825 g/mol. The molecule has 0 atom stereocenters. The van der Waals surface area contributed by atoms with Crippen LogP contribution in [-0.2, 0) is 23.7 Å². The van der Waals surface area contributed by atoms with Gasteiger partial charge in [-0.3, -0.25) is 0 Å². The molecule has 2 spiro atoms. The lowest BCUT2D eigenvalue weighted by Gasteiger charge is -2.33. The van der Waals surface area contributed by atoms with Gasteiger partial charge in [-0.1, -0.05) is 194 Å². The van der Waals surface area contributed by atoms with Gasteiger partial charge in [-0.2, -0.15) is 0 Å². The number of fused-ring (bicyclic) bond motifs is 16. The fourth-order valence-electron chi connectivity index (χ4n) is 12.5. The lowest BCUT2D eigenvalue weighted by atomic mass is 9.70. The van der Waals surface area contributed by atoms with Crippen molar-refractivity contribution in [2.45, 2.75) is 23.7 Å². The summed E-state index contributed by atoms with van der Waals surface area (Å²) in [5, 5.41) is 0. The molecule has 0 radical (unpaired) electrons. The third-order valence-electron chi connectivity index (χ3n) is 15.3. The molecule has 4 aliphatic carbocycles. The van der Waals surface area contributed by atoms with Crippen LogP contribution in [0, 0.1) is 0 Å². The maximum absolute atomic E-state index is 2.55. The maximum atomic E-state index is 2.55. The zero-order valence-electron chi connectivity index (χ0n) is 35.9. The molecule has 10 aromatic carbocycles. The molecule has 0 N–H and O–H groups in total. The number of anilines is 3. The topological polar surface area (TPSA) is 3.24 Å². The average molecular weight is 826 g/mol. The van der Waals surface area contributed by atoms with Crippen LogP contribution in [0.5, 0.6) is 0 Å². The molecule has 1 heteroatoms. The first kappa shape index (κ1) is 36.5. The van der Waals surface area contributed by atoms with Gasteiger partial charge < -0.3 is 4.90 Å². The van der Waals surface area contributed by atoms with Crippen LogP contribution in [0.25, 0.3) is 55.6 Å². The number of rotatable bonds is 5. The van der Waals surface area contributed by atoms with E-state index in [9.17, 15) is 0 Å². The van der Waals surface area contributed by atoms with Crippen LogP contribution >= 0.6 is 0 Å². The molecule has 1 nitrogen and oxygen atoms in total. The van der Waals surface area contributed by atoms with Crippen molar-refractivity contribution in [3.63, 3.8) is 0 Å². The van der Waals surface area contributed by atoms with Crippen LogP contribution in [0.15, 0.2) is 237 Å². The number of nitrogens with zero attached hydrogens (tertiary/aromatic N) is 1. The first-order valence-electron chi connectivity index (χ1n) is 23.0. The summed E-state index contributed by atoms with van der Waals surface area (Å²) in [7, 11) is 0. The van der Waals surface area contributed by atoms with Crippen LogP contribution in [0.4, 0.5) is 17.1 Å². The van der Waals surface area contributed by atoms with Gasteiger partial charge in [0.05, 0.1) is 5.41 Å². The van der Waals surface area contributed by atoms with Crippen LogP contribution in [0.3, 0.4) is 0 Å². The summed E-state index contributed by atoms with van der Waals surface area (Å²) < 4.78 is 0. The van der Waals surface area contributed by atoms with E-state index in [1.54, 1.807) is 0 Å². The Morgan fingerprint density at radius 2 is 0.631 bits per heavy atom. The largest absolute Gasteiger partial charge is 0.310 e. The van der Waals surface area contributed by atoms with Crippen molar-refractivity contribution in [3.8, 4) is 55.6 Å². The van der Waals surface area contributed by atoms with Gasteiger partial charge in [0.2, 0.25) is 0 Å². The predicted molar refractivity (Wildman–Crippen MR) is 268 cm³/mol. The van der Waals surface area contributed by atoms with Gasteiger partial charge in [0.25, 0.3) is 0 Å². The Kier molecular flexibility index (Phi) is 7.72. The molecular weight excluding hydrogens is 783 g/mol. The molecule has 4 aliphatic rings. The molecule has 0 amide bonds. The highest BCUT2D eigenvalue weighted by molar-refractivity contribution is 5.97. The fraction of sp³-hybridized carbons (Fsp3) is 0.0625. The molecule has 0 fully saturated rings. The molecule has 0 bridgehead atoms. The minimum Gasteiger partial charge on any atom is -0.310 e. The Balaban J connectivity index is 0.991. The van der Waals surface area contributed by atoms with Gasteiger partial charge >= 0.3 is 0 Å². The van der Waals surface area contributed by atoms with Crippen LogP contribution in [0.1, 0.15) is 44.5 Å². The van der Waals surface area contributed by atoms with Crippen LogP contribution < -0.4 is 4.90 Å². The third-order valence-corrected chi connectivity index (χ3v) is 15.3. The number of hydrogen-bond acceptors (Lipinski definition) is 1. The smallest absolute Gasteiger partial charge is 0.0726 e. The Bertz CT molecular complexity index is 3450. The molecule has 0 saturated carbocycles. The van der Waals surface area contributed by atoms with Gasteiger partial charge in [-0.05, 0) is 155 Å². The average Bonchev–Trinajstić information content (AvgIpc) is 4.08. The van der Waals surface area contributed by atoms with Gasteiger partial charge in [0, 0.05) is 22.5 Å². The van der Waals surface area contributed by atoms with E-state index in [1.165, 1.54) is 106 Å². The molecule has 10 aromatic rings. The lowest BCUT2D eigenvalue weighted by molar-refractivity contribution is 0.564. The third kappa shape index (κ3) is 5.10. The highest BCUT2D eigenvalue weighted by atomic mass is 15.1. The molecule has 65 heavy (non-hydrogen) atoms. The Labute approximate surface area is 380 Å². The van der Waals surface area contributed by atoms with Crippen molar-refractivity contribution in [1.29, 1.82) is 0 Å². The molecule has 0 saturated heterocycles. The van der Waals surface area contributed by atoms with Crippen molar-refractivity contribution < 1.29 is 0 Å². The molecule has 0 heterocycles. The van der Waals surface area contributed by atoms with Gasteiger partial charge in [0.1, 0.15) is 0 Å². The van der Waals surface area contributed by atoms with E-state index in [-0.39, 0.29) is 5.41 Å². The van der Waals surface area contributed by atoms with Crippen molar-refractivity contribution >= 4 is 17.1 Å². The van der Waals surface area contributed by atoms with Crippen LogP contribution in [0.2, 0.25) is 0 Å². The Morgan fingerprint density at radius 1 is 0.262 bits per heavy atom. The Hall–Kier alpha value is -8.00. The van der Waals surface area contributed by atoms with E-state index in [2.05, 4.69) is 241 Å². The van der Waals surface area contributed by atoms with Crippen molar-refractivity contribution in [2.75, 3.05) is 4.90 Å². The minimum atomic E-state index is -0.437. The number of hydrogen-bond donors (Lipinski definition) is 0. The zero-order valence-corrected chi connectivity index (χ0v) is 35.9. The van der Waals surface area contributed by atoms with E-state index in [0.29, 0.717) is 0 Å². The van der Waals surface area contributed by atoms with E-state index in [4.69, 9.17) is 0 Å². The first-order valence-corrected chi connectivity index (χ1v) is 23.0. The van der Waals surface area contributed by atoms with Crippen molar-refractivity contribution in [2.24, 2.45) is 0 Å². The van der Waals surface area contributed by atoms with E-state index in [0.717, 1.165) is 24.2 Å². The maximum Gasteiger partial charge on any atom is 0.0726 e. The SMILES string of the molecule is c1ccc(-c2ccc(N(c3ccc4c(c3)C3(Cc5ccccc5C3)c3cc(-c5ccccc5)ccc3-4)c3ccc4c(c3)C3(c5ccccc5-c5ccccc53)c3ccccc3-4)cc2)cc1. The summed E-state index contributed by atoms with van der Waals surface area (Å²) in [5.41, 5.74) is 26.9. The molecule has 0 aromatic heterocycles. The second-order valence-electron chi connectivity index (χ2n) is 18.4. The van der Waals surface area contributed by atoms with Gasteiger partial charge in [-0.15, -0.1) is 0 Å². The molecular formula is C64H43N. The van der Waals surface area contributed by atoms with Gasteiger partial charge in [0.15, 0.2) is 0 Å². The van der Waals surface area contributed by atoms with Crippen molar-refractivity contribution in [1.82, 2.24) is 0 Å². The van der Waals surface area contributed by atoms with E-state index < -0.39 is 5.41 Å². The molecule has 0 unspecified atom stereocenters. The Morgan fingerprint density at radius 3 is 1.18 bits per heavy atom. The zero-order chi connectivity index (χ0) is 42.7. The standard InChI is InChI=1S/C64H43N/c1-3-15-42(16-4-1)44-27-30-48(31-28-44)65(50-33-36-56-53-23-11-14-26-59(53)64(62(56)39-50)57-24-12-9-21-51(57)52-22-10-13-25-58(52)64)49-32-35-55-54-34-29-45(43-17-5-2-6-18-43)37-60(54)63(61(55)38-49)40-46-19-7-8-20-47(46)41-63/h1-39H,40-41H2. The van der Waals surface area contributed by atoms with E-state index in [1.807, 2.05) is 0 Å². The summed E-state index contributed by atoms with van der Waals surface area (Å²) in [6, 6.07) is 89.1. The molecule has 0 aliphatic heterocycles. The summed E-state index contributed by atoms with van der Waals surface area (Å²) in [6.45, 7) is 0. The molecule has 304 valence electrons. The summed E-state index contributed by atoms with van der Waals surface area (Å²) in [5.74, 6) is 0. The highest BCUT2D eigenvalue weighted by Crippen LogP contribution is 2.64. The molecule has 14 rings (SSSR count). The first-order chi connectivity index (χ1) is 32.2. The highest BCUT2D eigenvalue weighted by Gasteiger charge is 2.52. The number of benzene rings is 10. The second-order valence-corrected chi connectivity index (χ2v) is 18.4. The van der Waals surface area contributed by atoms with Gasteiger partial charge in [-0.25, -0.2) is 0 Å².